The second kappa shape index (κ2) is 20.7. The molecule has 1 aliphatic heterocycles. The van der Waals surface area contributed by atoms with Crippen LogP contribution in [-0.4, -0.2) is 109 Å². The van der Waals surface area contributed by atoms with Gasteiger partial charge in [0.05, 0.1) is 23.6 Å². The van der Waals surface area contributed by atoms with Gasteiger partial charge in [0.2, 0.25) is 11.8 Å². The predicted molar refractivity (Wildman–Crippen MR) is 253 cm³/mol. The molecular weight excluding hydrogens is 1020 g/mol. The lowest BCUT2D eigenvalue weighted by molar-refractivity contribution is -0.235. The highest BCUT2D eigenvalue weighted by Crippen LogP contribution is 2.72. The van der Waals surface area contributed by atoms with Gasteiger partial charge in [-0.15, -0.1) is 0 Å². The van der Waals surface area contributed by atoms with Crippen LogP contribution < -0.4 is 10.6 Å². The largest absolute Gasteiger partial charge is 0.481 e. The molecule has 1 heterocycles. The number of carbonyl (C=O) groups is 7. The fourth-order valence-corrected chi connectivity index (χ4v) is 12.4. The molecule has 5 aliphatic rings. The minimum Gasteiger partial charge on any atom is -0.481 e. The van der Waals surface area contributed by atoms with Crippen molar-refractivity contribution in [2.75, 3.05) is 17.3 Å². The SMILES string of the molecule is C[C@H](CC(=O)[C@H](C)NC(=O)[C@H](CCC(=O)O)CC(=O)CBr)C(=O)Nc1cccc(Cc2ccc([C@@H]3O[C@@H]4C[C@H]5[C@@H]6C[C@H](F)C7=CC(=O)C=C[C@]7(C)[C@@]6(F)[C@@H](O)C[C@]5(C)[C@]4(C(=O)COP(=O)(O)O)O3)cc2)c1. The van der Waals surface area contributed by atoms with E-state index in [-0.39, 0.29) is 55.2 Å². The molecule has 384 valence electrons. The van der Waals surface area contributed by atoms with Crippen LogP contribution in [0.3, 0.4) is 0 Å². The Balaban J connectivity index is 1.01. The molecular formula is C50H58BrF2N2O15P. The van der Waals surface area contributed by atoms with Gasteiger partial charge in [0.25, 0.3) is 0 Å². The van der Waals surface area contributed by atoms with Crippen LogP contribution in [0.5, 0.6) is 0 Å². The molecule has 0 radical (unpaired) electrons. The van der Waals surface area contributed by atoms with Crippen LogP contribution in [-0.2, 0) is 58.5 Å². The smallest absolute Gasteiger partial charge is 0.470 e. The molecule has 0 bridgehead atoms. The van der Waals surface area contributed by atoms with Crippen molar-refractivity contribution < 1.29 is 80.9 Å². The number of hydrogen-bond donors (Lipinski definition) is 6. The molecule has 1 saturated heterocycles. The van der Waals surface area contributed by atoms with E-state index in [1.54, 1.807) is 56.3 Å². The number of carboxylic acid groups (broad SMARTS) is 1. The van der Waals surface area contributed by atoms with Crippen molar-refractivity contribution in [3.8, 4) is 0 Å². The standard InChI is InChI=1S/C50H58BrF2N2O15P/c1-26(16-39(58)27(2)54-45(64)31(12-13-43(61)62)19-34(57)24-51)44(63)55-32-7-5-6-29(18-32)17-28-8-10-30(11-9-28)46-69-42-22-35-36-21-38(52)37-20-33(56)14-15-47(37,3)49(36,53)40(59)23-48(35,4)50(42,70-46)41(60)25-68-71(65,66)67/h5-11,14-15,18,20,26-27,31,35-36,38,40,42,46,59H,12-13,16-17,19,21-25H2,1-4H3,(H,54,64)(H,55,63)(H,61,62)(H2,65,66,67)/t26-,27+,31-,35+,36+,38+,40+,42-,46-,47+,48+,49+,50-/m1/s1. The maximum absolute atomic E-state index is 17.9. The molecule has 13 atom stereocenters. The maximum Gasteiger partial charge on any atom is 0.470 e. The summed E-state index contributed by atoms with van der Waals surface area (Å²) in [6, 6.07) is 13.0. The zero-order valence-corrected chi connectivity index (χ0v) is 42.0. The van der Waals surface area contributed by atoms with Crippen molar-refractivity contribution in [3.05, 3.63) is 89.0 Å². The number of carbonyl (C=O) groups excluding carboxylic acids is 6. The molecule has 0 unspecified atom stereocenters. The fourth-order valence-electron chi connectivity index (χ4n) is 11.8. The Morgan fingerprint density at radius 3 is 2.35 bits per heavy atom. The molecule has 2 amide bonds. The van der Waals surface area contributed by atoms with Crippen molar-refractivity contribution in [3.63, 3.8) is 0 Å². The highest BCUT2D eigenvalue weighted by atomic mass is 79.9. The monoisotopic (exact) mass is 1070 g/mol. The van der Waals surface area contributed by atoms with E-state index in [2.05, 4.69) is 31.1 Å². The number of rotatable bonds is 20. The highest BCUT2D eigenvalue weighted by Gasteiger charge is 2.80. The van der Waals surface area contributed by atoms with E-state index in [0.29, 0.717) is 17.7 Å². The molecule has 4 fully saturated rings. The molecule has 71 heavy (non-hydrogen) atoms. The Hall–Kier alpha value is -4.66. The number of phosphoric ester groups is 1. The second-order valence-electron chi connectivity index (χ2n) is 20.0. The molecule has 3 saturated carbocycles. The van der Waals surface area contributed by atoms with Crippen LogP contribution in [0, 0.1) is 34.5 Å². The van der Waals surface area contributed by atoms with Gasteiger partial charge in [-0.3, -0.25) is 38.1 Å². The number of fused-ring (bicyclic) bond motifs is 7. The lowest BCUT2D eigenvalue weighted by Gasteiger charge is -2.63. The van der Waals surface area contributed by atoms with Gasteiger partial charge >= 0.3 is 13.8 Å². The number of nitrogens with one attached hydrogen (secondary N) is 2. The molecule has 4 aliphatic carbocycles. The van der Waals surface area contributed by atoms with E-state index < -0.39 is 132 Å². The number of hydrogen-bond acceptors (Lipinski definition) is 12. The van der Waals surface area contributed by atoms with Crippen molar-refractivity contribution in [1.29, 1.82) is 0 Å². The summed E-state index contributed by atoms with van der Waals surface area (Å²) in [5.41, 5.74) is -5.18. The summed E-state index contributed by atoms with van der Waals surface area (Å²) in [4.78, 5) is 108. The minimum absolute atomic E-state index is 0.00914. The van der Waals surface area contributed by atoms with E-state index in [1.807, 2.05) is 6.07 Å². The average Bonchev–Trinajstić information content (AvgIpc) is 3.81. The second-order valence-corrected chi connectivity index (χ2v) is 21.8. The van der Waals surface area contributed by atoms with Crippen molar-refractivity contribution in [2.45, 2.75) is 121 Å². The minimum atomic E-state index is -5.17. The lowest BCUT2D eigenvalue weighted by atomic mass is 9.44. The first-order chi connectivity index (χ1) is 33.3. The van der Waals surface area contributed by atoms with Crippen LogP contribution in [0.15, 0.2) is 72.3 Å². The van der Waals surface area contributed by atoms with Gasteiger partial charge in [0.15, 0.2) is 34.9 Å². The number of amides is 2. The Morgan fingerprint density at radius 1 is 0.986 bits per heavy atom. The molecule has 17 nitrogen and oxygen atoms in total. The van der Waals surface area contributed by atoms with Gasteiger partial charge < -0.3 is 40.1 Å². The number of ether oxygens (including phenoxy) is 2. The number of phosphoric acid groups is 1. The first-order valence-electron chi connectivity index (χ1n) is 23.4. The van der Waals surface area contributed by atoms with Gasteiger partial charge in [-0.2, -0.15) is 0 Å². The summed E-state index contributed by atoms with van der Waals surface area (Å²) in [5.74, 6) is -8.11. The summed E-state index contributed by atoms with van der Waals surface area (Å²) in [5, 5.41) is 26.3. The number of anilines is 1. The number of allylic oxidation sites excluding steroid dienone is 4. The molecule has 2 aromatic carbocycles. The van der Waals surface area contributed by atoms with Crippen molar-refractivity contribution in [1.82, 2.24) is 5.32 Å². The normalized spacial score (nSPS) is 32.0. The van der Waals surface area contributed by atoms with Crippen LogP contribution in [0.4, 0.5) is 14.5 Å². The fraction of sp³-hybridized carbons (Fsp3) is 0.540. The Labute approximate surface area is 416 Å². The van der Waals surface area contributed by atoms with Crippen LogP contribution in [0.1, 0.15) is 95.6 Å². The number of Topliss-reactive ketones (excluding diaryl/α,β-unsaturated/α-hetero) is 3. The van der Waals surface area contributed by atoms with Gasteiger partial charge in [0, 0.05) is 59.1 Å². The number of halogens is 3. The molecule has 2 aromatic rings. The van der Waals surface area contributed by atoms with E-state index in [9.17, 15) is 53.0 Å². The molecule has 6 N–H and O–H groups in total. The van der Waals surface area contributed by atoms with Gasteiger partial charge in [0.1, 0.15) is 18.6 Å². The van der Waals surface area contributed by atoms with Crippen LogP contribution >= 0.6 is 23.8 Å². The lowest BCUT2D eigenvalue weighted by Crippen LogP contribution is -2.70. The number of alkyl halides is 3. The summed E-state index contributed by atoms with van der Waals surface area (Å²) < 4.78 is 63.6. The number of ketones is 4. The van der Waals surface area contributed by atoms with E-state index in [1.165, 1.54) is 19.9 Å². The Morgan fingerprint density at radius 2 is 1.69 bits per heavy atom. The molecule has 21 heteroatoms. The molecule has 0 spiro atoms. The molecule has 7 rings (SSSR count). The molecule has 0 aromatic heterocycles. The van der Waals surface area contributed by atoms with Gasteiger partial charge in [-0.05, 0) is 92.9 Å². The number of aliphatic carboxylic acids is 1. The third kappa shape index (κ3) is 10.5. The third-order valence-corrected chi connectivity index (χ3v) is 16.6. The van der Waals surface area contributed by atoms with Gasteiger partial charge in [-0.25, -0.2) is 13.3 Å². The first-order valence-corrected chi connectivity index (χ1v) is 26.1. The zero-order chi connectivity index (χ0) is 52.0. The van der Waals surface area contributed by atoms with Crippen molar-refractivity contribution >= 4 is 70.4 Å². The zero-order valence-electron chi connectivity index (χ0n) is 39.5. The average molecular weight is 1080 g/mol. The Bertz CT molecular complexity index is 2590. The van der Waals surface area contributed by atoms with E-state index >= 15 is 8.78 Å². The summed E-state index contributed by atoms with van der Waals surface area (Å²) >= 11 is 3.04. The summed E-state index contributed by atoms with van der Waals surface area (Å²) in [6.45, 7) is 4.99. The first kappa shape index (κ1) is 54.1. The van der Waals surface area contributed by atoms with Gasteiger partial charge in [-0.1, -0.05) is 72.3 Å². The van der Waals surface area contributed by atoms with Crippen molar-refractivity contribution in [2.24, 2.45) is 34.5 Å². The summed E-state index contributed by atoms with van der Waals surface area (Å²) in [6.07, 6.45) is -3.59. The Kier molecular flexibility index (Phi) is 15.8. The van der Waals surface area contributed by atoms with E-state index in [4.69, 9.17) is 14.6 Å². The maximum atomic E-state index is 17.9. The third-order valence-electron chi connectivity index (χ3n) is 15.5. The van der Waals surface area contributed by atoms with Crippen LogP contribution in [0.25, 0.3) is 0 Å². The predicted octanol–water partition coefficient (Wildman–Crippen LogP) is 5.91. The summed E-state index contributed by atoms with van der Waals surface area (Å²) in [7, 11) is -5.17. The van der Waals surface area contributed by atoms with Crippen LogP contribution in [0.2, 0.25) is 0 Å². The number of carboxylic acids is 1. The number of aliphatic hydroxyl groups is 1. The topological polar surface area (TPSA) is 269 Å². The number of benzene rings is 2. The quantitative estimate of drug-likeness (QED) is 0.0665. The van der Waals surface area contributed by atoms with E-state index in [0.717, 1.165) is 23.3 Å². The highest BCUT2D eigenvalue weighted by molar-refractivity contribution is 9.09. The number of aliphatic hydroxyl groups excluding tert-OH is 1.